The molecule has 2 aromatic rings. The summed E-state index contributed by atoms with van der Waals surface area (Å²) in [5.74, 6) is 0.881. The predicted octanol–water partition coefficient (Wildman–Crippen LogP) is 2.98. The second-order valence-corrected chi connectivity index (χ2v) is 7.01. The maximum Gasteiger partial charge on any atom is 0.225 e. The van der Waals surface area contributed by atoms with Crippen LogP contribution in [0, 0.1) is 0 Å². The van der Waals surface area contributed by atoms with E-state index >= 15 is 0 Å². The SMILES string of the molecule is c1cnc(N(CC[C@@H]2CCCCN2)C2Cc3ccccc3C2)nc1. The van der Waals surface area contributed by atoms with E-state index in [0.29, 0.717) is 12.1 Å². The van der Waals surface area contributed by atoms with Crippen LogP contribution < -0.4 is 10.2 Å². The van der Waals surface area contributed by atoms with Crippen LogP contribution in [0.15, 0.2) is 42.7 Å². The summed E-state index contributed by atoms with van der Waals surface area (Å²) in [5.41, 5.74) is 2.97. The zero-order valence-corrected chi connectivity index (χ0v) is 14.2. The highest BCUT2D eigenvalue weighted by Gasteiger charge is 2.28. The molecule has 24 heavy (non-hydrogen) atoms. The van der Waals surface area contributed by atoms with Gasteiger partial charge in [-0.1, -0.05) is 30.7 Å². The van der Waals surface area contributed by atoms with Crippen molar-refractivity contribution < 1.29 is 0 Å². The van der Waals surface area contributed by atoms with Crippen LogP contribution >= 0.6 is 0 Å². The molecule has 2 aliphatic rings. The van der Waals surface area contributed by atoms with Crippen LogP contribution in [0.3, 0.4) is 0 Å². The summed E-state index contributed by atoms with van der Waals surface area (Å²) in [6.45, 7) is 2.20. The number of hydrogen-bond acceptors (Lipinski definition) is 4. The Morgan fingerprint density at radius 3 is 2.42 bits per heavy atom. The third kappa shape index (κ3) is 3.44. The van der Waals surface area contributed by atoms with Crippen molar-refractivity contribution in [3.8, 4) is 0 Å². The Kier molecular flexibility index (Phi) is 4.74. The van der Waals surface area contributed by atoms with Gasteiger partial charge in [0.05, 0.1) is 0 Å². The number of nitrogens with zero attached hydrogens (tertiary/aromatic N) is 3. The summed E-state index contributed by atoms with van der Waals surface area (Å²) in [4.78, 5) is 11.5. The van der Waals surface area contributed by atoms with Crippen LogP contribution in [-0.4, -0.2) is 35.1 Å². The van der Waals surface area contributed by atoms with Crippen LogP contribution in [0.4, 0.5) is 5.95 Å². The predicted molar refractivity (Wildman–Crippen MR) is 97.3 cm³/mol. The van der Waals surface area contributed by atoms with E-state index in [9.17, 15) is 0 Å². The summed E-state index contributed by atoms with van der Waals surface area (Å²) in [6.07, 6.45) is 11.1. The lowest BCUT2D eigenvalue weighted by Crippen LogP contribution is -2.42. The van der Waals surface area contributed by atoms with E-state index in [0.717, 1.165) is 25.3 Å². The Bertz CT molecular complexity index is 627. The molecule has 126 valence electrons. The molecule has 4 heteroatoms. The highest BCUT2D eigenvalue weighted by Crippen LogP contribution is 2.27. The number of anilines is 1. The van der Waals surface area contributed by atoms with Gasteiger partial charge in [-0.25, -0.2) is 9.97 Å². The van der Waals surface area contributed by atoms with Gasteiger partial charge in [0.2, 0.25) is 5.95 Å². The van der Waals surface area contributed by atoms with Crippen LogP contribution in [0.1, 0.15) is 36.8 Å². The van der Waals surface area contributed by atoms with E-state index in [1.165, 1.54) is 43.4 Å². The topological polar surface area (TPSA) is 41.1 Å². The van der Waals surface area contributed by atoms with Crippen LogP contribution in [-0.2, 0) is 12.8 Å². The fraction of sp³-hybridized carbons (Fsp3) is 0.500. The lowest BCUT2D eigenvalue weighted by Gasteiger charge is -2.32. The van der Waals surface area contributed by atoms with E-state index < -0.39 is 0 Å². The van der Waals surface area contributed by atoms with Crippen molar-refractivity contribution in [2.75, 3.05) is 18.0 Å². The molecule has 0 spiro atoms. The number of hydrogen-bond donors (Lipinski definition) is 1. The number of benzene rings is 1. The van der Waals surface area contributed by atoms with Gasteiger partial charge in [-0.15, -0.1) is 0 Å². The third-order valence-corrected chi connectivity index (χ3v) is 5.41. The average Bonchev–Trinajstić information content (AvgIpc) is 3.07. The Morgan fingerprint density at radius 2 is 1.75 bits per heavy atom. The van der Waals surface area contributed by atoms with Crippen LogP contribution in [0.2, 0.25) is 0 Å². The summed E-state index contributed by atoms with van der Waals surface area (Å²) < 4.78 is 0. The molecule has 1 aromatic heterocycles. The largest absolute Gasteiger partial charge is 0.337 e. The Balaban J connectivity index is 1.49. The first-order valence-corrected chi connectivity index (χ1v) is 9.24. The van der Waals surface area contributed by atoms with E-state index in [2.05, 4.69) is 44.5 Å². The van der Waals surface area contributed by atoms with E-state index in [4.69, 9.17) is 0 Å². The molecule has 1 aliphatic carbocycles. The second-order valence-electron chi connectivity index (χ2n) is 7.01. The van der Waals surface area contributed by atoms with Crippen molar-refractivity contribution >= 4 is 5.95 Å². The highest BCUT2D eigenvalue weighted by atomic mass is 15.3. The second kappa shape index (κ2) is 7.31. The summed E-state index contributed by atoms with van der Waals surface area (Å²) in [7, 11) is 0. The van der Waals surface area contributed by atoms with E-state index in [1.807, 2.05) is 18.5 Å². The Morgan fingerprint density at radius 1 is 1.00 bits per heavy atom. The van der Waals surface area contributed by atoms with Gasteiger partial charge in [-0.3, -0.25) is 0 Å². The minimum atomic E-state index is 0.480. The summed E-state index contributed by atoms with van der Waals surface area (Å²) in [5, 5.41) is 3.67. The van der Waals surface area contributed by atoms with E-state index in [-0.39, 0.29) is 0 Å². The fourth-order valence-electron chi connectivity index (χ4n) is 4.11. The number of fused-ring (bicyclic) bond motifs is 1. The van der Waals surface area contributed by atoms with Gasteiger partial charge in [0.25, 0.3) is 0 Å². The Labute approximate surface area is 144 Å². The van der Waals surface area contributed by atoms with Gasteiger partial charge in [-0.05, 0) is 55.8 Å². The molecule has 0 unspecified atom stereocenters. The molecular formula is C20H26N4. The van der Waals surface area contributed by atoms with Crippen LogP contribution in [0.25, 0.3) is 0 Å². The normalized spacial score (nSPS) is 20.8. The lowest BCUT2D eigenvalue weighted by atomic mass is 10.0. The first-order valence-electron chi connectivity index (χ1n) is 9.24. The number of piperidine rings is 1. The maximum absolute atomic E-state index is 4.54. The van der Waals surface area contributed by atoms with Gasteiger partial charge in [-0.2, -0.15) is 0 Å². The third-order valence-electron chi connectivity index (χ3n) is 5.41. The molecule has 4 nitrogen and oxygen atoms in total. The molecule has 4 rings (SSSR count). The molecule has 0 saturated carbocycles. The molecular weight excluding hydrogens is 296 g/mol. The fourth-order valence-corrected chi connectivity index (χ4v) is 4.11. The molecule has 1 aromatic carbocycles. The number of rotatable bonds is 5. The molecule has 1 aliphatic heterocycles. The van der Waals surface area contributed by atoms with Gasteiger partial charge in [0, 0.05) is 31.0 Å². The molecule has 1 atom stereocenters. The molecule has 1 N–H and O–H groups in total. The van der Waals surface area contributed by atoms with Crippen molar-refractivity contribution in [3.05, 3.63) is 53.9 Å². The van der Waals surface area contributed by atoms with Crippen molar-refractivity contribution in [3.63, 3.8) is 0 Å². The zero-order valence-electron chi connectivity index (χ0n) is 14.2. The number of nitrogens with one attached hydrogen (secondary N) is 1. The summed E-state index contributed by atoms with van der Waals surface area (Å²) in [6, 6.07) is 11.9. The number of aromatic nitrogens is 2. The molecule has 1 saturated heterocycles. The van der Waals surface area contributed by atoms with Gasteiger partial charge >= 0.3 is 0 Å². The minimum absolute atomic E-state index is 0.480. The van der Waals surface area contributed by atoms with Crippen molar-refractivity contribution in [2.45, 2.75) is 50.6 Å². The minimum Gasteiger partial charge on any atom is -0.337 e. The Hall–Kier alpha value is -1.94. The monoisotopic (exact) mass is 322 g/mol. The molecule has 2 heterocycles. The lowest BCUT2D eigenvalue weighted by molar-refractivity contribution is 0.378. The van der Waals surface area contributed by atoms with Crippen molar-refractivity contribution in [1.82, 2.24) is 15.3 Å². The van der Waals surface area contributed by atoms with E-state index in [1.54, 1.807) is 0 Å². The van der Waals surface area contributed by atoms with Gasteiger partial charge < -0.3 is 10.2 Å². The van der Waals surface area contributed by atoms with Gasteiger partial charge in [0.15, 0.2) is 0 Å². The standard InChI is InChI=1S/C20H26N4/c1-2-7-17-15-19(14-16(17)6-1)24(20-22-11-5-12-23-20)13-9-18-8-3-4-10-21-18/h1-2,5-7,11-12,18-19,21H,3-4,8-10,13-15H2/t18-/m0/s1. The quantitative estimate of drug-likeness (QED) is 0.919. The maximum atomic E-state index is 4.54. The van der Waals surface area contributed by atoms with Crippen molar-refractivity contribution in [2.24, 2.45) is 0 Å². The highest BCUT2D eigenvalue weighted by molar-refractivity contribution is 5.40. The van der Waals surface area contributed by atoms with Crippen molar-refractivity contribution in [1.29, 1.82) is 0 Å². The molecule has 0 radical (unpaired) electrons. The average molecular weight is 322 g/mol. The molecule has 0 bridgehead atoms. The zero-order chi connectivity index (χ0) is 16.2. The smallest absolute Gasteiger partial charge is 0.225 e. The molecule has 1 fully saturated rings. The first-order chi connectivity index (χ1) is 11.9. The summed E-state index contributed by atoms with van der Waals surface area (Å²) >= 11 is 0. The molecule has 0 amide bonds. The van der Waals surface area contributed by atoms with Crippen LogP contribution in [0.5, 0.6) is 0 Å². The first kappa shape index (κ1) is 15.6. The van der Waals surface area contributed by atoms with Gasteiger partial charge in [0.1, 0.15) is 0 Å².